The molecular weight excluding hydrogens is 355 g/mol. The monoisotopic (exact) mass is 366 g/mol. The van der Waals surface area contributed by atoms with Gasteiger partial charge in [-0.2, -0.15) is 0 Å². The van der Waals surface area contributed by atoms with Crippen molar-refractivity contribution in [3.8, 4) is 0 Å². The first kappa shape index (κ1) is 16.1. The van der Waals surface area contributed by atoms with Gasteiger partial charge in [-0.25, -0.2) is 0 Å². The first-order valence-electron chi connectivity index (χ1n) is 6.73. The van der Waals surface area contributed by atoms with Crippen LogP contribution in [0.2, 0.25) is 10.0 Å². The minimum absolute atomic E-state index is 0.134. The first-order valence-corrected chi connectivity index (χ1v) is 8.80. The van der Waals surface area contributed by atoms with Crippen LogP contribution in [0.3, 0.4) is 0 Å². The highest BCUT2D eigenvalue weighted by Gasteiger charge is 2.33. The van der Waals surface area contributed by atoms with Crippen LogP contribution in [-0.4, -0.2) is 16.0 Å². The second-order valence-corrected chi connectivity index (χ2v) is 7.11. The number of hydrogen-bond acceptors (Lipinski definition) is 3. The van der Waals surface area contributed by atoms with Gasteiger partial charge in [0.15, 0.2) is 0 Å². The predicted octanol–water partition coefficient (Wildman–Crippen LogP) is 4.00. The molecule has 118 valence electrons. The molecule has 1 aliphatic heterocycles. The van der Waals surface area contributed by atoms with Crippen LogP contribution in [0.5, 0.6) is 0 Å². The largest absolute Gasteiger partial charge is 0.360 e. The van der Waals surface area contributed by atoms with Gasteiger partial charge in [-0.3, -0.25) is 13.9 Å². The van der Waals surface area contributed by atoms with Crippen molar-refractivity contribution in [3.63, 3.8) is 0 Å². The molecule has 0 radical (unpaired) electrons. The second-order valence-electron chi connectivity index (χ2n) is 4.84. The summed E-state index contributed by atoms with van der Waals surface area (Å²) in [5.74, 6) is -0.152. The lowest BCUT2D eigenvalue weighted by Crippen LogP contribution is -2.24. The summed E-state index contributed by atoms with van der Waals surface area (Å²) in [5, 5.41) is 4.18. The van der Waals surface area contributed by atoms with Crippen molar-refractivity contribution in [2.24, 2.45) is 0 Å². The predicted molar refractivity (Wildman–Crippen MR) is 95.1 cm³/mol. The molecule has 0 aromatic heterocycles. The average molecular weight is 367 g/mol. The fourth-order valence-corrected chi connectivity index (χ4v) is 3.50. The quantitative estimate of drug-likeness (QED) is 0.835. The lowest BCUT2D eigenvalue weighted by molar-refractivity contribution is -0.114. The standard InChI is InChI=1S/C16H12Cl2N2O2S/c17-11-1-5-13(6-2-11)19-9-15-16(21)20(10-23(15)22)14-7-3-12(18)4-8-14/h1-9,19H,10H2/b15-9-. The van der Waals surface area contributed by atoms with Crippen LogP contribution in [0.4, 0.5) is 11.4 Å². The van der Waals surface area contributed by atoms with Crippen LogP contribution in [0.25, 0.3) is 0 Å². The number of carbonyl (C=O) groups is 1. The summed E-state index contributed by atoms with van der Waals surface area (Å²) in [5.41, 5.74) is 1.43. The van der Waals surface area contributed by atoms with Gasteiger partial charge in [-0.05, 0) is 48.5 Å². The number of anilines is 2. The van der Waals surface area contributed by atoms with E-state index in [9.17, 15) is 9.00 Å². The minimum Gasteiger partial charge on any atom is -0.360 e. The van der Waals surface area contributed by atoms with E-state index in [-0.39, 0.29) is 16.7 Å². The van der Waals surface area contributed by atoms with E-state index in [2.05, 4.69) is 5.32 Å². The maximum Gasteiger partial charge on any atom is 0.269 e. The van der Waals surface area contributed by atoms with E-state index < -0.39 is 10.8 Å². The minimum atomic E-state index is -1.39. The summed E-state index contributed by atoms with van der Waals surface area (Å²) in [6.07, 6.45) is 1.48. The maximum absolute atomic E-state index is 12.4. The molecule has 2 aromatic rings. The lowest BCUT2D eigenvalue weighted by Gasteiger charge is -2.13. The molecule has 7 heteroatoms. The van der Waals surface area contributed by atoms with Crippen molar-refractivity contribution in [1.29, 1.82) is 0 Å². The number of benzene rings is 2. The maximum atomic E-state index is 12.4. The third-order valence-electron chi connectivity index (χ3n) is 3.30. The molecule has 1 N–H and O–H groups in total. The summed E-state index contributed by atoms with van der Waals surface area (Å²) in [7, 11) is -1.39. The van der Waals surface area contributed by atoms with Gasteiger partial charge < -0.3 is 5.32 Å². The molecule has 0 aliphatic carbocycles. The number of amides is 1. The Kier molecular flexibility index (Phi) is 4.71. The fourth-order valence-electron chi connectivity index (χ4n) is 2.11. The molecule has 1 saturated heterocycles. The Morgan fingerprint density at radius 2 is 1.57 bits per heavy atom. The Bertz CT molecular complexity index is 789. The molecule has 1 unspecified atom stereocenters. The lowest BCUT2D eigenvalue weighted by atomic mass is 10.3. The molecular formula is C16H12Cl2N2O2S. The van der Waals surface area contributed by atoms with E-state index in [1.807, 2.05) is 0 Å². The molecule has 0 saturated carbocycles. The van der Waals surface area contributed by atoms with Crippen molar-refractivity contribution in [2.75, 3.05) is 16.1 Å². The topological polar surface area (TPSA) is 49.4 Å². The normalized spacial score (nSPS) is 19.4. The summed E-state index contributed by atoms with van der Waals surface area (Å²) in [6.45, 7) is 0. The molecule has 1 atom stereocenters. The number of hydrogen-bond donors (Lipinski definition) is 1. The summed E-state index contributed by atoms with van der Waals surface area (Å²) in [4.78, 5) is 14.2. The van der Waals surface area contributed by atoms with E-state index in [4.69, 9.17) is 23.2 Å². The molecule has 1 heterocycles. The molecule has 4 nitrogen and oxygen atoms in total. The van der Waals surface area contributed by atoms with Crippen LogP contribution >= 0.6 is 23.2 Å². The van der Waals surface area contributed by atoms with Gasteiger partial charge in [0, 0.05) is 27.6 Å². The van der Waals surface area contributed by atoms with Gasteiger partial charge in [0.25, 0.3) is 5.91 Å². The Morgan fingerprint density at radius 1 is 1.00 bits per heavy atom. The van der Waals surface area contributed by atoms with Crippen molar-refractivity contribution in [1.82, 2.24) is 0 Å². The summed E-state index contributed by atoms with van der Waals surface area (Å²) in [6, 6.07) is 13.9. The van der Waals surface area contributed by atoms with E-state index in [0.717, 1.165) is 5.69 Å². The number of nitrogens with one attached hydrogen (secondary N) is 1. The molecule has 0 spiro atoms. The molecule has 1 aliphatic rings. The van der Waals surface area contributed by atoms with E-state index in [1.54, 1.807) is 48.5 Å². The first-order chi connectivity index (χ1) is 11.0. The average Bonchev–Trinajstić information content (AvgIpc) is 2.82. The smallest absolute Gasteiger partial charge is 0.269 e. The van der Waals surface area contributed by atoms with Gasteiger partial charge in [-0.1, -0.05) is 23.2 Å². The Labute approximate surface area is 146 Å². The van der Waals surface area contributed by atoms with Gasteiger partial charge in [0.05, 0.1) is 10.8 Å². The van der Waals surface area contributed by atoms with Crippen molar-refractivity contribution in [2.45, 2.75) is 0 Å². The number of carbonyl (C=O) groups excluding carboxylic acids is 1. The van der Waals surface area contributed by atoms with Crippen molar-refractivity contribution in [3.05, 3.63) is 69.7 Å². The molecule has 23 heavy (non-hydrogen) atoms. The second kappa shape index (κ2) is 6.74. The summed E-state index contributed by atoms with van der Waals surface area (Å²) < 4.78 is 12.2. The zero-order valence-electron chi connectivity index (χ0n) is 11.8. The highest BCUT2D eigenvalue weighted by molar-refractivity contribution is 7.90. The van der Waals surface area contributed by atoms with Crippen molar-refractivity contribution < 1.29 is 9.00 Å². The van der Waals surface area contributed by atoms with Crippen LogP contribution < -0.4 is 10.2 Å². The Hall–Kier alpha value is -1.82. The van der Waals surface area contributed by atoms with Crippen LogP contribution in [0, 0.1) is 0 Å². The van der Waals surface area contributed by atoms with Gasteiger partial charge in [0.2, 0.25) is 0 Å². The molecule has 1 fully saturated rings. The van der Waals surface area contributed by atoms with Crippen LogP contribution in [0.1, 0.15) is 0 Å². The van der Waals surface area contributed by atoms with Crippen molar-refractivity contribution >= 4 is 51.3 Å². The third kappa shape index (κ3) is 3.58. The highest BCUT2D eigenvalue weighted by Crippen LogP contribution is 2.26. The van der Waals surface area contributed by atoms with Gasteiger partial charge in [0.1, 0.15) is 10.8 Å². The highest BCUT2D eigenvalue weighted by atomic mass is 35.5. The SMILES string of the molecule is O=C1/C(=C/Nc2ccc(Cl)cc2)S(=O)CN1c1ccc(Cl)cc1. The zero-order valence-corrected chi connectivity index (χ0v) is 14.2. The van der Waals surface area contributed by atoms with E-state index >= 15 is 0 Å². The van der Waals surface area contributed by atoms with Gasteiger partial charge in [-0.15, -0.1) is 0 Å². The number of rotatable bonds is 3. The van der Waals surface area contributed by atoms with E-state index in [1.165, 1.54) is 11.1 Å². The molecule has 1 amide bonds. The molecule has 3 rings (SSSR count). The molecule has 2 aromatic carbocycles. The number of nitrogens with zero attached hydrogens (tertiary/aromatic N) is 1. The third-order valence-corrected chi connectivity index (χ3v) is 5.08. The van der Waals surface area contributed by atoms with Gasteiger partial charge >= 0.3 is 0 Å². The van der Waals surface area contributed by atoms with Crippen LogP contribution in [0.15, 0.2) is 59.6 Å². The summed E-state index contributed by atoms with van der Waals surface area (Å²) >= 11 is 11.7. The van der Waals surface area contributed by atoms with E-state index in [0.29, 0.717) is 15.7 Å². The Morgan fingerprint density at radius 3 is 2.17 bits per heavy atom. The van der Waals surface area contributed by atoms with Crippen LogP contribution in [-0.2, 0) is 15.6 Å². The Balaban J connectivity index is 1.79. The molecule has 0 bridgehead atoms. The fraction of sp³-hybridized carbons (Fsp3) is 0.0625. The number of halogens is 2. The zero-order chi connectivity index (χ0) is 16.4.